The van der Waals surface area contributed by atoms with Crippen LogP contribution in [0.3, 0.4) is 0 Å². The first kappa shape index (κ1) is 14.4. The summed E-state index contributed by atoms with van der Waals surface area (Å²) in [4.78, 5) is 27.6. The summed E-state index contributed by atoms with van der Waals surface area (Å²) in [7, 11) is 0. The molecule has 0 aliphatic heterocycles. The molecular formula is C17H13ClN2O2. The van der Waals surface area contributed by atoms with Crippen LogP contribution in [-0.2, 0) is 0 Å². The van der Waals surface area contributed by atoms with Crippen LogP contribution < -0.4 is 10.7 Å². The van der Waals surface area contributed by atoms with Crippen molar-refractivity contribution in [3.8, 4) is 0 Å². The lowest BCUT2D eigenvalue weighted by atomic mass is 10.1. The van der Waals surface area contributed by atoms with E-state index < -0.39 is 5.91 Å². The number of hydrogen-bond donors (Lipinski definition) is 2. The number of hydrogen-bond acceptors (Lipinski definition) is 2. The number of pyridine rings is 1. The van der Waals surface area contributed by atoms with Crippen LogP contribution in [-0.4, -0.2) is 10.9 Å². The van der Waals surface area contributed by atoms with E-state index in [4.69, 9.17) is 11.6 Å². The Labute approximate surface area is 131 Å². The van der Waals surface area contributed by atoms with Crippen molar-refractivity contribution in [3.63, 3.8) is 0 Å². The number of aromatic nitrogens is 1. The van der Waals surface area contributed by atoms with Gasteiger partial charge in [-0.05, 0) is 37.3 Å². The van der Waals surface area contributed by atoms with Crippen molar-refractivity contribution in [3.05, 3.63) is 75.0 Å². The van der Waals surface area contributed by atoms with Gasteiger partial charge in [0.2, 0.25) is 5.43 Å². The molecule has 0 fully saturated rings. The van der Waals surface area contributed by atoms with Crippen molar-refractivity contribution >= 4 is 34.1 Å². The first-order valence-corrected chi connectivity index (χ1v) is 7.11. The number of fused-ring (bicyclic) bond motifs is 1. The topological polar surface area (TPSA) is 62.0 Å². The minimum absolute atomic E-state index is 0.0652. The van der Waals surface area contributed by atoms with E-state index in [0.29, 0.717) is 21.6 Å². The lowest BCUT2D eigenvalue weighted by Crippen LogP contribution is -2.21. The van der Waals surface area contributed by atoms with Crippen molar-refractivity contribution in [2.45, 2.75) is 6.92 Å². The van der Waals surface area contributed by atoms with Crippen molar-refractivity contribution in [1.82, 2.24) is 4.98 Å². The second-order valence-corrected chi connectivity index (χ2v) is 5.48. The summed E-state index contributed by atoms with van der Waals surface area (Å²) in [6.07, 6.45) is 1.41. The van der Waals surface area contributed by atoms with Crippen LogP contribution in [0.4, 0.5) is 5.69 Å². The van der Waals surface area contributed by atoms with Crippen LogP contribution in [0, 0.1) is 6.92 Å². The van der Waals surface area contributed by atoms with Gasteiger partial charge in [0.1, 0.15) is 5.56 Å². The van der Waals surface area contributed by atoms with E-state index >= 15 is 0 Å². The van der Waals surface area contributed by atoms with Crippen LogP contribution in [0.2, 0.25) is 5.02 Å². The third kappa shape index (κ3) is 2.73. The standard InChI is InChI=1S/C17H13ClN2O2/c1-10-2-5-12(6-3-10)20-17(22)14-9-19-15-8-11(18)4-7-13(15)16(14)21/h2-9H,1H3,(H,19,21)(H,20,22). The molecule has 0 spiro atoms. The molecule has 4 nitrogen and oxygen atoms in total. The van der Waals surface area contributed by atoms with Gasteiger partial charge in [0.05, 0.1) is 5.52 Å². The number of aryl methyl sites for hydroxylation is 1. The van der Waals surface area contributed by atoms with E-state index in [0.717, 1.165) is 5.56 Å². The molecule has 0 aliphatic carbocycles. The lowest BCUT2D eigenvalue weighted by Gasteiger charge is -2.06. The lowest BCUT2D eigenvalue weighted by molar-refractivity contribution is 0.102. The van der Waals surface area contributed by atoms with Crippen molar-refractivity contribution in [1.29, 1.82) is 0 Å². The summed E-state index contributed by atoms with van der Waals surface area (Å²) in [6.45, 7) is 1.96. The van der Waals surface area contributed by atoms with E-state index in [1.807, 2.05) is 19.1 Å². The second-order valence-electron chi connectivity index (χ2n) is 5.04. The molecule has 1 amide bonds. The fourth-order valence-electron chi connectivity index (χ4n) is 2.20. The van der Waals surface area contributed by atoms with Crippen LogP contribution >= 0.6 is 11.6 Å². The Morgan fingerprint density at radius 3 is 2.59 bits per heavy atom. The van der Waals surface area contributed by atoms with Gasteiger partial charge >= 0.3 is 0 Å². The van der Waals surface area contributed by atoms with Crippen molar-refractivity contribution in [2.24, 2.45) is 0 Å². The number of aromatic amines is 1. The summed E-state index contributed by atoms with van der Waals surface area (Å²) in [5.74, 6) is -0.443. The Morgan fingerprint density at radius 2 is 1.86 bits per heavy atom. The average molecular weight is 313 g/mol. The zero-order chi connectivity index (χ0) is 15.7. The van der Waals surface area contributed by atoms with Gasteiger partial charge in [0, 0.05) is 22.3 Å². The van der Waals surface area contributed by atoms with Gasteiger partial charge in [0.25, 0.3) is 5.91 Å². The highest BCUT2D eigenvalue weighted by Gasteiger charge is 2.13. The Kier molecular flexibility index (Phi) is 3.69. The van der Waals surface area contributed by atoms with Gasteiger partial charge in [0.15, 0.2) is 0 Å². The summed E-state index contributed by atoms with van der Waals surface area (Å²) >= 11 is 5.89. The Hall–Kier alpha value is -2.59. The predicted octanol–water partition coefficient (Wildman–Crippen LogP) is 3.74. The van der Waals surface area contributed by atoms with Crippen molar-refractivity contribution in [2.75, 3.05) is 5.32 Å². The maximum absolute atomic E-state index is 12.4. The Bertz CT molecular complexity index is 914. The van der Waals surface area contributed by atoms with Crippen LogP contribution in [0.25, 0.3) is 10.9 Å². The second kappa shape index (κ2) is 5.66. The van der Waals surface area contributed by atoms with Gasteiger partial charge < -0.3 is 10.3 Å². The third-order valence-corrected chi connectivity index (χ3v) is 3.63. The molecule has 0 atom stereocenters. The molecule has 1 aromatic heterocycles. The zero-order valence-corrected chi connectivity index (χ0v) is 12.6. The molecule has 0 aliphatic rings. The molecule has 1 heterocycles. The quantitative estimate of drug-likeness (QED) is 0.757. The van der Waals surface area contributed by atoms with E-state index in [2.05, 4.69) is 10.3 Å². The highest BCUT2D eigenvalue weighted by Crippen LogP contribution is 2.16. The SMILES string of the molecule is Cc1ccc(NC(=O)c2c[nH]c3cc(Cl)ccc3c2=O)cc1. The maximum atomic E-state index is 12.4. The largest absolute Gasteiger partial charge is 0.360 e. The first-order chi connectivity index (χ1) is 10.5. The summed E-state index contributed by atoms with van der Waals surface area (Å²) < 4.78 is 0. The number of amides is 1. The van der Waals surface area contributed by atoms with Crippen LogP contribution in [0.1, 0.15) is 15.9 Å². The number of carbonyl (C=O) groups excluding carboxylic acids is 1. The van der Waals surface area contributed by atoms with Crippen LogP contribution in [0.5, 0.6) is 0 Å². The molecule has 110 valence electrons. The van der Waals surface area contributed by atoms with E-state index in [1.165, 1.54) is 6.20 Å². The smallest absolute Gasteiger partial charge is 0.261 e. The number of halogens is 1. The van der Waals surface area contributed by atoms with E-state index in [1.54, 1.807) is 30.3 Å². The molecule has 0 bridgehead atoms. The number of rotatable bonds is 2. The number of carbonyl (C=O) groups is 1. The van der Waals surface area contributed by atoms with Gasteiger partial charge in [-0.25, -0.2) is 0 Å². The molecule has 5 heteroatoms. The van der Waals surface area contributed by atoms with Crippen LogP contribution in [0.15, 0.2) is 53.5 Å². The summed E-state index contributed by atoms with van der Waals surface area (Å²) in [5.41, 5.74) is 2.08. The molecule has 0 unspecified atom stereocenters. The zero-order valence-electron chi connectivity index (χ0n) is 11.8. The van der Waals surface area contributed by atoms with Gasteiger partial charge in [-0.2, -0.15) is 0 Å². The fraction of sp³-hybridized carbons (Fsp3) is 0.0588. The molecule has 3 rings (SSSR count). The van der Waals surface area contributed by atoms with E-state index in [-0.39, 0.29) is 11.0 Å². The average Bonchev–Trinajstić information content (AvgIpc) is 2.49. The molecule has 0 saturated heterocycles. The number of benzene rings is 2. The monoisotopic (exact) mass is 312 g/mol. The highest BCUT2D eigenvalue weighted by atomic mass is 35.5. The minimum atomic E-state index is -0.443. The molecule has 3 aromatic rings. The van der Waals surface area contributed by atoms with Gasteiger partial charge in [-0.15, -0.1) is 0 Å². The molecule has 22 heavy (non-hydrogen) atoms. The number of nitrogens with one attached hydrogen (secondary N) is 2. The Morgan fingerprint density at radius 1 is 1.14 bits per heavy atom. The summed E-state index contributed by atoms with van der Waals surface area (Å²) in [6, 6.07) is 12.3. The third-order valence-electron chi connectivity index (χ3n) is 3.40. The maximum Gasteiger partial charge on any atom is 0.261 e. The molecular weight excluding hydrogens is 300 g/mol. The van der Waals surface area contributed by atoms with Gasteiger partial charge in [-0.1, -0.05) is 29.3 Å². The predicted molar refractivity (Wildman–Crippen MR) is 88.7 cm³/mol. The minimum Gasteiger partial charge on any atom is -0.360 e. The fourth-order valence-corrected chi connectivity index (χ4v) is 2.37. The highest BCUT2D eigenvalue weighted by molar-refractivity contribution is 6.31. The first-order valence-electron chi connectivity index (χ1n) is 6.73. The number of anilines is 1. The van der Waals surface area contributed by atoms with Crippen molar-refractivity contribution < 1.29 is 4.79 Å². The summed E-state index contributed by atoms with van der Waals surface area (Å²) in [5, 5.41) is 3.68. The molecule has 2 N–H and O–H groups in total. The number of H-pyrrole nitrogens is 1. The molecule has 2 aromatic carbocycles. The molecule has 0 saturated carbocycles. The Balaban J connectivity index is 1.97. The normalized spacial score (nSPS) is 10.6. The van der Waals surface area contributed by atoms with Gasteiger partial charge in [-0.3, -0.25) is 9.59 Å². The van der Waals surface area contributed by atoms with E-state index in [9.17, 15) is 9.59 Å². The molecule has 0 radical (unpaired) electrons.